The second-order valence-electron chi connectivity index (χ2n) is 30.0. The van der Waals surface area contributed by atoms with E-state index in [4.69, 9.17) is 90.0 Å². The average molecular weight is 1960 g/mol. The zero-order chi connectivity index (χ0) is 97.4. The van der Waals surface area contributed by atoms with Crippen LogP contribution in [0.5, 0.6) is 0 Å². The van der Waals surface area contributed by atoms with Crippen LogP contribution in [0, 0.1) is 19.8 Å². The normalized spacial score (nSPS) is 10.3. The Balaban J connectivity index is 0.000000256. The molecule has 0 aliphatic rings. The summed E-state index contributed by atoms with van der Waals surface area (Å²) in [5.74, 6) is -0.356. The fourth-order valence-electron chi connectivity index (χ4n) is 12.0. The minimum Gasteiger partial charge on any atom is -0.870 e. The van der Waals surface area contributed by atoms with Crippen LogP contribution in [0.15, 0.2) is 207 Å². The van der Waals surface area contributed by atoms with Gasteiger partial charge in [-0.3, -0.25) is 59.4 Å². The van der Waals surface area contributed by atoms with Crippen molar-refractivity contribution in [2.75, 3.05) is 32.4 Å². The molecule has 0 saturated carbocycles. The van der Waals surface area contributed by atoms with Gasteiger partial charge in [-0.05, 0) is 203 Å². The number of tetrazole rings is 3. The standard InChI is InChI=1S/C23H22ClN7O.C17H16ClN5O2.C17H17ClN2O3.C16H14ClN5O2.C13H11ClN2O2.C6H9N3.Li.N3.Na.H2O/c1-14(2)23-28-29-30-31(23)20-9-16(21-6-4-18(24)12-27-21)8-17(10-20)22(32)7-5-19-13-25-15(3)11-26-19;1-10(2)16-20-21-22-23(16)14-7-11(6-12(8-14)17(24)25-3)15-5-4-13(18)9-19-15;1-10(2)16(21)20-14-7-11(6-12(8-14)17(22)23-3)15-5-4-13(18)9-19-15;1-9(2)15-19-20-21-22(15)13-6-10(5-11(7-13)16(23)24)14-4-3-12(17)8-18-14;1-18-13(17)9-4-8(5-11(15)6-9)12-3-2-10(14)7-16-12;1-5-3-9-6(2-7)4-8-5;;1-3-2;;/h4,6,8-14H,5,7H2,1-3H3;4-10H,1-3H3;4-10H,1-3H3,(H,20,21);3-9H,1-2H3,(H,23,24);2-7H,15H2,1H3;3-4H,2,7H2,1H3;;;;1H2/q;;;;;;+1;-1;+1;/p-1. The fraction of sp³-hybridized carbons (Fsp3) is 0.217. The van der Waals surface area contributed by atoms with Gasteiger partial charge in [-0.1, -0.05) is 113 Å². The SMILES string of the molecule is CC(C)c1nnnn1-c1cc(C(=O)O)cc(-c2ccc(Cl)cn2)c1.COC(=O)c1cc(-c2ccc(Cl)cn2)cc(-n2nnnc2C(C)C)c1.COC(=O)c1cc(N)cc(-c2ccc(Cl)cn2)c1.COC(=O)c1cc(NC(=O)C(C)C)cc(-c2ccc(Cl)cn2)c1.Cc1cnc(CCC(=O)c2cc(-c3ccc(Cl)cn3)cc(-n3nnnc3C(C)C)c2)cn1.Cc1cnc(CN)cn1.[Li+].[N-]=[N+]=[N-].[Na+].[OH-]. The van der Waals surface area contributed by atoms with Gasteiger partial charge in [0.05, 0.1) is 137 Å². The first-order chi connectivity index (χ1) is 64.1. The van der Waals surface area contributed by atoms with Gasteiger partial charge in [-0.15, -0.1) is 15.3 Å². The molecule has 137 heavy (non-hydrogen) atoms. The molecule has 0 bridgehead atoms. The Bertz CT molecular complexity index is 6590. The van der Waals surface area contributed by atoms with E-state index in [2.05, 4.69) is 101 Å². The van der Waals surface area contributed by atoms with Crippen LogP contribution < -0.4 is 65.2 Å². The summed E-state index contributed by atoms with van der Waals surface area (Å²) in [5, 5.41) is 50.5. The molecule has 5 aromatic carbocycles. The summed E-state index contributed by atoms with van der Waals surface area (Å²) < 4.78 is 19.1. The quantitative estimate of drug-likeness (QED) is 0.00715. The number of aromatic carboxylic acids is 1. The van der Waals surface area contributed by atoms with Gasteiger partial charge in [0, 0.05) is 137 Å². The molecule has 10 heterocycles. The Morgan fingerprint density at radius 2 is 0.737 bits per heavy atom. The predicted octanol–water partition coefficient (Wildman–Crippen LogP) is 12.4. The molecule has 0 aliphatic heterocycles. The van der Waals surface area contributed by atoms with Gasteiger partial charge in [0.15, 0.2) is 23.3 Å². The van der Waals surface area contributed by atoms with E-state index in [-0.39, 0.29) is 94.8 Å². The number of aromatic nitrogens is 21. The molecule has 0 radical (unpaired) electrons. The van der Waals surface area contributed by atoms with E-state index in [0.29, 0.717) is 152 Å². The number of pyridine rings is 5. The number of halogens is 5. The van der Waals surface area contributed by atoms with Gasteiger partial charge in [0.1, 0.15) is 0 Å². The number of aryl methyl sites for hydroxylation is 3. The molecule has 45 heteroatoms. The van der Waals surface area contributed by atoms with E-state index in [1.807, 2.05) is 85.7 Å². The molecular weight excluding hydrogens is 1870 g/mol. The first-order valence-electron chi connectivity index (χ1n) is 40.6. The van der Waals surface area contributed by atoms with Gasteiger partial charge < -0.3 is 52.6 Å². The van der Waals surface area contributed by atoms with Crippen molar-refractivity contribution in [2.24, 2.45) is 11.7 Å². The molecule has 696 valence electrons. The summed E-state index contributed by atoms with van der Waals surface area (Å²) in [6.45, 7) is 19.8. The number of anilines is 2. The van der Waals surface area contributed by atoms with Crippen LogP contribution in [-0.4, -0.2) is 173 Å². The van der Waals surface area contributed by atoms with Gasteiger partial charge in [0.25, 0.3) is 0 Å². The largest absolute Gasteiger partial charge is 1.00 e. The molecule has 0 spiro atoms. The molecular formula is C92H90Cl5LiN27NaO11. The number of carboxylic acid groups (broad SMARTS) is 1. The maximum absolute atomic E-state index is 13.1. The topological polar surface area (TPSA) is 550 Å². The van der Waals surface area contributed by atoms with Crippen molar-refractivity contribution in [3.63, 3.8) is 0 Å². The van der Waals surface area contributed by atoms with Crippen LogP contribution in [0.4, 0.5) is 11.4 Å². The van der Waals surface area contributed by atoms with Crippen molar-refractivity contribution in [3.05, 3.63) is 317 Å². The Hall–Kier alpha value is -13.7. The van der Waals surface area contributed by atoms with E-state index in [0.717, 1.165) is 39.5 Å². The van der Waals surface area contributed by atoms with Crippen molar-refractivity contribution in [1.82, 2.24) is 105 Å². The molecule has 15 aromatic rings. The predicted molar refractivity (Wildman–Crippen MR) is 509 cm³/mol. The third-order valence-corrected chi connectivity index (χ3v) is 19.7. The molecule has 0 unspecified atom stereocenters. The summed E-state index contributed by atoms with van der Waals surface area (Å²) in [6.07, 6.45) is 15.3. The number of nitrogens with one attached hydrogen (secondary N) is 1. The summed E-state index contributed by atoms with van der Waals surface area (Å²) in [7, 11) is 3.97. The van der Waals surface area contributed by atoms with Crippen molar-refractivity contribution < 1.29 is 102 Å². The summed E-state index contributed by atoms with van der Waals surface area (Å²) in [6, 6.07) is 43.2. The Morgan fingerprint density at radius 1 is 0.423 bits per heavy atom. The van der Waals surface area contributed by atoms with E-state index >= 15 is 0 Å². The smallest absolute Gasteiger partial charge is 0.870 e. The Labute approximate surface area is 846 Å². The number of carbonyl (C=O) groups excluding carboxylic acids is 5. The van der Waals surface area contributed by atoms with Crippen molar-refractivity contribution in [2.45, 2.75) is 106 Å². The average Bonchev–Trinajstić information content (AvgIpc) is 1.77. The van der Waals surface area contributed by atoms with E-state index in [1.54, 1.807) is 176 Å². The minimum atomic E-state index is -1.04. The molecule has 10 aromatic heterocycles. The van der Waals surface area contributed by atoms with Gasteiger partial charge in [-0.2, -0.15) is 14.0 Å². The third kappa shape index (κ3) is 33.1. The van der Waals surface area contributed by atoms with Crippen LogP contribution in [0.2, 0.25) is 25.1 Å². The number of ether oxygens (including phenoxy) is 3. The number of nitrogens with two attached hydrogens (primary N) is 2. The number of methoxy groups -OCH3 is 3. The number of carbonyl (C=O) groups is 6. The van der Waals surface area contributed by atoms with Crippen LogP contribution in [0.1, 0.15) is 172 Å². The number of benzene rings is 5. The molecule has 1 amide bonds. The van der Waals surface area contributed by atoms with E-state index in [9.17, 15) is 33.9 Å². The van der Waals surface area contributed by atoms with Crippen LogP contribution in [0.3, 0.4) is 0 Å². The maximum Gasteiger partial charge on any atom is 1.00 e. The second-order valence-corrected chi connectivity index (χ2v) is 32.2. The number of ketones is 1. The van der Waals surface area contributed by atoms with E-state index < -0.39 is 23.9 Å². The third-order valence-electron chi connectivity index (χ3n) is 18.6. The van der Waals surface area contributed by atoms with Crippen LogP contribution in [0.25, 0.3) is 89.3 Å². The monoisotopic (exact) mass is 1950 g/mol. The zero-order valence-electron chi connectivity index (χ0n) is 76.9. The Morgan fingerprint density at radius 3 is 1.05 bits per heavy atom. The van der Waals surface area contributed by atoms with Crippen molar-refractivity contribution >= 4 is 105 Å². The van der Waals surface area contributed by atoms with E-state index in [1.165, 1.54) is 55.6 Å². The summed E-state index contributed by atoms with van der Waals surface area (Å²) >= 11 is 29.4. The zero-order valence-corrected chi connectivity index (χ0v) is 82.7. The number of rotatable bonds is 22. The summed E-state index contributed by atoms with van der Waals surface area (Å²) in [5.41, 5.74) is 39.6. The first kappa shape index (κ1) is 112. The number of amides is 1. The second kappa shape index (κ2) is 54.8. The number of nitrogen functional groups attached to an aromatic ring is 1. The van der Waals surface area contributed by atoms with Gasteiger partial charge in [0.2, 0.25) is 5.91 Å². The van der Waals surface area contributed by atoms with Crippen molar-refractivity contribution in [3.8, 4) is 73.3 Å². The Kier molecular flexibility index (Phi) is 44.8. The summed E-state index contributed by atoms with van der Waals surface area (Å²) in [4.78, 5) is 111. The molecule has 0 aliphatic carbocycles. The number of esters is 3. The van der Waals surface area contributed by atoms with Crippen LogP contribution in [-0.2, 0) is 32.0 Å². The number of hydrogen-bond donors (Lipinski definition) is 4. The number of nitrogens with zero attached hydrogens (tertiary/aromatic N) is 24. The molecule has 0 saturated heterocycles. The fourth-order valence-corrected chi connectivity index (χ4v) is 12.5. The number of Topliss-reactive ketones (excluding diaryl/α,β-unsaturated/α-hetero) is 1. The number of carboxylic acids is 1. The van der Waals surface area contributed by atoms with Crippen LogP contribution >= 0.6 is 58.0 Å². The number of hydrogen-bond acceptors (Lipinski definition) is 30. The minimum absolute atomic E-state index is 0. The van der Waals surface area contributed by atoms with Gasteiger partial charge >= 0.3 is 72.3 Å². The maximum atomic E-state index is 13.1. The van der Waals surface area contributed by atoms with Gasteiger partial charge in [-0.25, -0.2) is 19.2 Å². The molecule has 0 fully saturated rings. The molecule has 0 atom stereocenters. The van der Waals surface area contributed by atoms with Crippen molar-refractivity contribution in [1.29, 1.82) is 0 Å². The molecule has 7 N–H and O–H groups in total. The molecule has 15 rings (SSSR count). The molecule has 38 nitrogen and oxygen atoms in total. The first-order valence-corrected chi connectivity index (χ1v) is 42.5.